The van der Waals surface area contributed by atoms with Gasteiger partial charge in [-0.1, -0.05) is 6.92 Å². The van der Waals surface area contributed by atoms with Crippen LogP contribution in [0.4, 0.5) is 0 Å². The van der Waals surface area contributed by atoms with E-state index < -0.39 is 0 Å². The summed E-state index contributed by atoms with van der Waals surface area (Å²) in [6, 6.07) is 0.912. The van der Waals surface area contributed by atoms with Crippen LogP contribution in [-0.2, 0) is 0 Å². The maximum atomic E-state index is 6.00. The summed E-state index contributed by atoms with van der Waals surface area (Å²) in [4.78, 5) is 0. The zero-order valence-electron chi connectivity index (χ0n) is 8.02. The van der Waals surface area contributed by atoms with Crippen molar-refractivity contribution >= 4 is 0 Å². The smallest absolute Gasteiger partial charge is 0.0142 e. The highest BCUT2D eigenvalue weighted by molar-refractivity contribution is 4.95. The van der Waals surface area contributed by atoms with E-state index in [1.54, 1.807) is 0 Å². The molecule has 0 amide bonds. The van der Waals surface area contributed by atoms with Crippen LogP contribution >= 0.6 is 0 Å². The van der Waals surface area contributed by atoms with Gasteiger partial charge in [-0.15, -0.1) is 0 Å². The average Bonchev–Trinajstić information content (AvgIpc) is 1.81. The van der Waals surface area contributed by atoms with E-state index in [2.05, 4.69) is 33.0 Å². The number of hydrogen-bond donors (Lipinski definition) is 2. The second-order valence-electron chi connectivity index (χ2n) is 4.54. The Labute approximate surface area is 69.5 Å². The zero-order chi connectivity index (χ0) is 8.65. The number of rotatable bonds is 0. The maximum Gasteiger partial charge on any atom is 0.0142 e. The Bertz CT molecular complexity index is 128. The molecule has 1 saturated heterocycles. The van der Waals surface area contributed by atoms with Crippen LogP contribution in [0.5, 0.6) is 0 Å². The molecular weight excluding hydrogens is 136 g/mol. The van der Waals surface area contributed by atoms with Gasteiger partial charge >= 0.3 is 0 Å². The summed E-state index contributed by atoms with van der Waals surface area (Å²) in [5, 5.41) is 3.56. The van der Waals surface area contributed by atoms with Crippen LogP contribution < -0.4 is 11.1 Å². The second-order valence-corrected chi connectivity index (χ2v) is 4.54. The van der Waals surface area contributed by atoms with Gasteiger partial charge in [0.2, 0.25) is 0 Å². The van der Waals surface area contributed by atoms with Gasteiger partial charge in [0.25, 0.3) is 0 Å². The van der Waals surface area contributed by atoms with E-state index in [-0.39, 0.29) is 5.54 Å². The van der Waals surface area contributed by atoms with Gasteiger partial charge in [-0.3, -0.25) is 0 Å². The van der Waals surface area contributed by atoms with Gasteiger partial charge in [0, 0.05) is 17.6 Å². The molecule has 2 nitrogen and oxygen atoms in total. The SMILES string of the molecule is CC1NC(C)(C)CC(N)C1C. The van der Waals surface area contributed by atoms with Crippen molar-refractivity contribution in [1.82, 2.24) is 5.32 Å². The molecule has 0 aromatic rings. The van der Waals surface area contributed by atoms with Gasteiger partial charge in [0.15, 0.2) is 0 Å². The summed E-state index contributed by atoms with van der Waals surface area (Å²) in [5.41, 5.74) is 6.23. The molecule has 1 fully saturated rings. The lowest BCUT2D eigenvalue weighted by Gasteiger charge is -2.43. The molecule has 0 aromatic heterocycles. The first-order chi connectivity index (χ1) is 4.92. The van der Waals surface area contributed by atoms with Crippen LogP contribution in [0, 0.1) is 5.92 Å². The lowest BCUT2D eigenvalue weighted by molar-refractivity contribution is 0.171. The fourth-order valence-corrected chi connectivity index (χ4v) is 1.95. The van der Waals surface area contributed by atoms with Crippen LogP contribution in [-0.4, -0.2) is 17.6 Å². The van der Waals surface area contributed by atoms with Crippen LogP contribution in [0.15, 0.2) is 0 Å². The highest BCUT2D eigenvalue weighted by Gasteiger charge is 2.34. The highest BCUT2D eigenvalue weighted by Crippen LogP contribution is 2.24. The van der Waals surface area contributed by atoms with Gasteiger partial charge in [-0.05, 0) is 33.1 Å². The van der Waals surface area contributed by atoms with Crippen molar-refractivity contribution in [3.05, 3.63) is 0 Å². The average molecular weight is 156 g/mol. The number of piperidine rings is 1. The summed E-state index contributed by atoms with van der Waals surface area (Å²) in [6.07, 6.45) is 1.08. The van der Waals surface area contributed by atoms with Gasteiger partial charge in [0.05, 0.1) is 0 Å². The summed E-state index contributed by atoms with van der Waals surface area (Å²) >= 11 is 0. The molecule has 2 heteroatoms. The number of nitrogens with two attached hydrogens (primary N) is 1. The van der Waals surface area contributed by atoms with Gasteiger partial charge in [-0.2, -0.15) is 0 Å². The predicted molar refractivity (Wildman–Crippen MR) is 48.4 cm³/mol. The fraction of sp³-hybridized carbons (Fsp3) is 1.00. The normalized spacial score (nSPS) is 43.9. The van der Waals surface area contributed by atoms with Gasteiger partial charge in [0.1, 0.15) is 0 Å². The fourth-order valence-electron chi connectivity index (χ4n) is 1.95. The minimum absolute atomic E-state index is 0.228. The molecule has 3 unspecified atom stereocenters. The third kappa shape index (κ3) is 1.94. The Morgan fingerprint density at radius 1 is 1.36 bits per heavy atom. The lowest BCUT2D eigenvalue weighted by atomic mass is 9.80. The molecule has 3 atom stereocenters. The van der Waals surface area contributed by atoms with Gasteiger partial charge in [-0.25, -0.2) is 0 Å². The van der Waals surface area contributed by atoms with E-state index in [9.17, 15) is 0 Å². The summed E-state index contributed by atoms with van der Waals surface area (Å²) in [7, 11) is 0. The van der Waals surface area contributed by atoms with E-state index >= 15 is 0 Å². The van der Waals surface area contributed by atoms with Crippen molar-refractivity contribution in [2.75, 3.05) is 0 Å². The maximum absolute atomic E-state index is 6.00. The summed E-state index contributed by atoms with van der Waals surface area (Å²) < 4.78 is 0. The molecule has 1 aliphatic rings. The molecule has 0 bridgehead atoms. The van der Waals surface area contributed by atoms with Crippen molar-refractivity contribution in [2.45, 2.75) is 51.7 Å². The molecule has 3 N–H and O–H groups in total. The van der Waals surface area contributed by atoms with E-state index in [0.29, 0.717) is 18.0 Å². The molecule has 1 aliphatic heterocycles. The van der Waals surface area contributed by atoms with Crippen molar-refractivity contribution in [2.24, 2.45) is 11.7 Å². The lowest BCUT2D eigenvalue weighted by Crippen LogP contribution is -2.59. The minimum Gasteiger partial charge on any atom is -0.327 e. The Balaban J connectivity index is 2.62. The predicted octanol–water partition coefficient (Wildman–Crippen LogP) is 1.11. The molecule has 0 radical (unpaired) electrons. The van der Waals surface area contributed by atoms with E-state index in [4.69, 9.17) is 5.73 Å². The summed E-state index contributed by atoms with van der Waals surface area (Å²) in [6.45, 7) is 8.87. The molecule has 66 valence electrons. The first-order valence-corrected chi connectivity index (χ1v) is 4.46. The Kier molecular flexibility index (Phi) is 2.26. The van der Waals surface area contributed by atoms with E-state index in [0.717, 1.165) is 6.42 Å². The molecule has 0 saturated carbocycles. The molecule has 0 spiro atoms. The minimum atomic E-state index is 0.228. The largest absolute Gasteiger partial charge is 0.327 e. The molecule has 0 aromatic carbocycles. The zero-order valence-corrected chi connectivity index (χ0v) is 8.02. The summed E-state index contributed by atoms with van der Waals surface area (Å²) in [5.74, 6) is 0.600. The van der Waals surface area contributed by atoms with E-state index in [1.165, 1.54) is 0 Å². The van der Waals surface area contributed by atoms with Crippen molar-refractivity contribution in [1.29, 1.82) is 0 Å². The number of hydrogen-bond acceptors (Lipinski definition) is 2. The Morgan fingerprint density at radius 3 is 2.36 bits per heavy atom. The quantitative estimate of drug-likeness (QED) is 0.551. The molecule has 1 rings (SSSR count). The standard InChI is InChI=1S/C9H20N2/c1-6-7(2)11-9(3,4)5-8(6)10/h6-8,11H,5,10H2,1-4H3. The second kappa shape index (κ2) is 2.76. The first-order valence-electron chi connectivity index (χ1n) is 4.46. The van der Waals surface area contributed by atoms with E-state index in [1.807, 2.05) is 0 Å². The van der Waals surface area contributed by atoms with Crippen LogP contribution in [0.1, 0.15) is 34.1 Å². The molecule has 1 heterocycles. The molecule has 11 heavy (non-hydrogen) atoms. The molecule has 0 aliphatic carbocycles. The molecular formula is C9H20N2. The Hall–Kier alpha value is -0.0800. The van der Waals surface area contributed by atoms with Crippen molar-refractivity contribution in [3.63, 3.8) is 0 Å². The monoisotopic (exact) mass is 156 g/mol. The Morgan fingerprint density at radius 2 is 1.91 bits per heavy atom. The van der Waals surface area contributed by atoms with Crippen LogP contribution in [0.2, 0.25) is 0 Å². The van der Waals surface area contributed by atoms with Gasteiger partial charge < -0.3 is 11.1 Å². The third-order valence-corrected chi connectivity index (χ3v) is 2.83. The van der Waals surface area contributed by atoms with Crippen LogP contribution in [0.3, 0.4) is 0 Å². The topological polar surface area (TPSA) is 38.0 Å². The highest BCUT2D eigenvalue weighted by atomic mass is 15.0. The van der Waals surface area contributed by atoms with Crippen LogP contribution in [0.25, 0.3) is 0 Å². The van der Waals surface area contributed by atoms with Crippen molar-refractivity contribution in [3.8, 4) is 0 Å². The third-order valence-electron chi connectivity index (χ3n) is 2.83. The first kappa shape index (κ1) is 9.01. The van der Waals surface area contributed by atoms with Crippen molar-refractivity contribution < 1.29 is 0 Å². The number of nitrogens with one attached hydrogen (secondary N) is 1.